The van der Waals surface area contributed by atoms with Gasteiger partial charge in [0, 0.05) is 18.3 Å². The number of carbonyl (C=O) groups is 1. The van der Waals surface area contributed by atoms with E-state index in [0.29, 0.717) is 5.69 Å². The lowest BCUT2D eigenvalue weighted by Crippen LogP contribution is -2.31. The molecule has 0 atom stereocenters. The summed E-state index contributed by atoms with van der Waals surface area (Å²) in [5.41, 5.74) is 4.47. The Morgan fingerprint density at radius 3 is 2.39 bits per heavy atom. The van der Waals surface area contributed by atoms with Gasteiger partial charge in [0.25, 0.3) is 5.91 Å². The molecule has 0 aliphatic heterocycles. The third-order valence-electron chi connectivity index (χ3n) is 4.61. The largest absolute Gasteiger partial charge is 0.349 e. The number of nitrogens with one attached hydrogen (secondary N) is 1. The average molecular weight is 374 g/mol. The van der Waals surface area contributed by atoms with Gasteiger partial charge in [-0.1, -0.05) is 48.0 Å². The summed E-state index contributed by atoms with van der Waals surface area (Å²) >= 11 is 0. The molecule has 0 saturated heterocycles. The van der Waals surface area contributed by atoms with E-state index < -0.39 is 0 Å². The highest BCUT2D eigenvalue weighted by atomic mass is 16.1. The van der Waals surface area contributed by atoms with Crippen LogP contribution in [0.5, 0.6) is 0 Å². The molecule has 1 N–H and O–H groups in total. The number of carbonyl (C=O) groups excluding carboxylic acids is 1. The van der Waals surface area contributed by atoms with Crippen LogP contribution in [0.2, 0.25) is 0 Å². The first kappa shape index (κ1) is 19.5. The zero-order valence-corrected chi connectivity index (χ0v) is 16.8. The topological polar surface area (TPSA) is 58.1 Å². The van der Waals surface area contributed by atoms with Crippen molar-refractivity contribution < 1.29 is 4.79 Å². The second-order valence-corrected chi connectivity index (χ2v) is 7.24. The quantitative estimate of drug-likeness (QED) is 0.676. The number of anilines is 2. The summed E-state index contributed by atoms with van der Waals surface area (Å²) in [6, 6.07) is 16.4. The molecule has 0 fully saturated rings. The van der Waals surface area contributed by atoms with Gasteiger partial charge in [0.1, 0.15) is 11.5 Å². The maximum Gasteiger partial charge on any atom is 0.275 e. The zero-order valence-electron chi connectivity index (χ0n) is 16.8. The number of aromatic nitrogens is 2. The van der Waals surface area contributed by atoms with Gasteiger partial charge >= 0.3 is 0 Å². The lowest BCUT2D eigenvalue weighted by atomic mass is 10.1. The molecule has 5 heteroatoms. The van der Waals surface area contributed by atoms with Crippen LogP contribution in [0.15, 0.2) is 60.9 Å². The van der Waals surface area contributed by atoms with Gasteiger partial charge in [-0.2, -0.15) is 0 Å². The first-order valence-electron chi connectivity index (χ1n) is 9.45. The Morgan fingerprint density at radius 2 is 1.79 bits per heavy atom. The number of amides is 1. The Balaban J connectivity index is 1.74. The smallest absolute Gasteiger partial charge is 0.275 e. The molecule has 0 radical (unpaired) electrons. The van der Waals surface area contributed by atoms with E-state index in [0.717, 1.165) is 29.2 Å². The van der Waals surface area contributed by atoms with Gasteiger partial charge in [0.15, 0.2) is 0 Å². The molecule has 0 aliphatic rings. The van der Waals surface area contributed by atoms with Gasteiger partial charge in [-0.05, 0) is 44.9 Å². The van der Waals surface area contributed by atoms with Gasteiger partial charge in [-0.3, -0.25) is 4.79 Å². The molecule has 2 aromatic carbocycles. The van der Waals surface area contributed by atoms with E-state index in [1.54, 1.807) is 6.20 Å². The minimum absolute atomic E-state index is 0.254. The van der Waals surface area contributed by atoms with Crippen LogP contribution >= 0.6 is 0 Å². The van der Waals surface area contributed by atoms with Gasteiger partial charge in [-0.15, -0.1) is 0 Å². The summed E-state index contributed by atoms with van der Waals surface area (Å²) in [6.45, 7) is 8.97. The lowest BCUT2D eigenvalue weighted by Gasteiger charge is -2.27. The highest BCUT2D eigenvalue weighted by Crippen LogP contribution is 2.19. The fourth-order valence-electron chi connectivity index (χ4n) is 3.04. The average Bonchev–Trinajstić information content (AvgIpc) is 2.69. The first-order chi connectivity index (χ1) is 13.4. The highest BCUT2D eigenvalue weighted by molar-refractivity contribution is 6.03. The maximum absolute atomic E-state index is 12.5. The van der Waals surface area contributed by atoms with Crippen molar-refractivity contribution in [1.29, 1.82) is 0 Å². The molecule has 3 aromatic rings. The molecule has 1 aromatic heterocycles. The zero-order chi connectivity index (χ0) is 20.1. The minimum Gasteiger partial charge on any atom is -0.349 e. The number of hydrogen-bond donors (Lipinski definition) is 1. The van der Waals surface area contributed by atoms with Gasteiger partial charge < -0.3 is 10.2 Å². The first-order valence-corrected chi connectivity index (χ1v) is 9.45. The SMILES string of the molecule is Cc1ccc(NC(=O)c2cnc(N(Cc3ccccc3)C(C)C)cn2)c(C)c1. The van der Waals surface area contributed by atoms with E-state index in [-0.39, 0.29) is 11.9 Å². The van der Waals surface area contributed by atoms with Gasteiger partial charge in [-0.25, -0.2) is 9.97 Å². The highest BCUT2D eigenvalue weighted by Gasteiger charge is 2.15. The van der Waals surface area contributed by atoms with Crippen molar-refractivity contribution in [3.63, 3.8) is 0 Å². The van der Waals surface area contributed by atoms with E-state index in [1.165, 1.54) is 11.8 Å². The summed E-state index contributed by atoms with van der Waals surface area (Å²) < 4.78 is 0. The third-order valence-corrected chi connectivity index (χ3v) is 4.61. The van der Waals surface area contributed by atoms with E-state index in [9.17, 15) is 4.79 Å². The molecule has 3 rings (SSSR count). The van der Waals surface area contributed by atoms with E-state index in [4.69, 9.17) is 0 Å². The standard InChI is InChI=1S/C23H26N4O/c1-16(2)27(15-19-8-6-5-7-9-19)22-14-24-21(13-25-22)23(28)26-20-11-10-17(3)12-18(20)4/h5-14,16H,15H2,1-4H3,(H,26,28). The summed E-state index contributed by atoms with van der Waals surface area (Å²) in [7, 11) is 0. The van der Waals surface area contributed by atoms with E-state index in [2.05, 4.69) is 46.2 Å². The molecule has 0 spiro atoms. The third kappa shape index (κ3) is 4.74. The van der Waals surface area contributed by atoms with Crippen molar-refractivity contribution in [2.45, 2.75) is 40.3 Å². The Labute approximate surface area is 166 Å². The van der Waals surface area contributed by atoms with Crippen molar-refractivity contribution in [3.05, 3.63) is 83.3 Å². The van der Waals surface area contributed by atoms with E-state index >= 15 is 0 Å². The molecule has 5 nitrogen and oxygen atoms in total. The van der Waals surface area contributed by atoms with Crippen LogP contribution in [-0.4, -0.2) is 21.9 Å². The number of aryl methyl sites for hydroxylation is 2. The van der Waals surface area contributed by atoms with Crippen LogP contribution in [-0.2, 0) is 6.54 Å². The van der Waals surface area contributed by atoms with Gasteiger partial charge in [0.05, 0.1) is 12.4 Å². The summed E-state index contributed by atoms with van der Waals surface area (Å²) in [4.78, 5) is 23.5. The van der Waals surface area contributed by atoms with Crippen LogP contribution in [0.4, 0.5) is 11.5 Å². The van der Waals surface area contributed by atoms with Crippen LogP contribution in [0, 0.1) is 13.8 Å². The molecular formula is C23H26N4O. The molecule has 0 bridgehead atoms. The molecule has 28 heavy (non-hydrogen) atoms. The van der Waals surface area contributed by atoms with Crippen molar-refractivity contribution in [3.8, 4) is 0 Å². The Kier molecular flexibility index (Phi) is 6.04. The van der Waals surface area contributed by atoms with Crippen LogP contribution in [0.3, 0.4) is 0 Å². The van der Waals surface area contributed by atoms with Gasteiger partial charge in [0.2, 0.25) is 0 Å². The molecule has 0 unspecified atom stereocenters. The van der Waals surface area contributed by atoms with Crippen molar-refractivity contribution in [1.82, 2.24) is 9.97 Å². The van der Waals surface area contributed by atoms with Crippen LogP contribution in [0.1, 0.15) is 41.0 Å². The lowest BCUT2D eigenvalue weighted by molar-refractivity contribution is 0.102. The van der Waals surface area contributed by atoms with E-state index in [1.807, 2.05) is 50.2 Å². The molecule has 1 amide bonds. The summed E-state index contributed by atoms with van der Waals surface area (Å²) in [5, 5.41) is 2.91. The predicted octanol–water partition coefficient (Wildman–Crippen LogP) is 4.76. The Morgan fingerprint density at radius 1 is 1.04 bits per heavy atom. The van der Waals surface area contributed by atoms with Crippen LogP contribution < -0.4 is 10.2 Å². The Hall–Kier alpha value is -3.21. The van der Waals surface area contributed by atoms with Crippen LogP contribution in [0.25, 0.3) is 0 Å². The van der Waals surface area contributed by atoms with Crippen molar-refractivity contribution >= 4 is 17.4 Å². The predicted molar refractivity (Wildman–Crippen MR) is 114 cm³/mol. The second-order valence-electron chi connectivity index (χ2n) is 7.24. The Bertz CT molecular complexity index is 937. The fourth-order valence-corrected chi connectivity index (χ4v) is 3.04. The maximum atomic E-state index is 12.5. The minimum atomic E-state index is -0.259. The van der Waals surface area contributed by atoms with Crippen molar-refractivity contribution in [2.75, 3.05) is 10.2 Å². The molecule has 1 heterocycles. The molecule has 144 valence electrons. The number of nitrogens with zero attached hydrogens (tertiary/aromatic N) is 3. The summed E-state index contributed by atoms with van der Waals surface area (Å²) in [5.74, 6) is 0.493. The molecule has 0 aliphatic carbocycles. The summed E-state index contributed by atoms with van der Waals surface area (Å²) in [6.07, 6.45) is 3.20. The molecule has 0 saturated carbocycles. The molecular weight excluding hydrogens is 348 g/mol. The monoisotopic (exact) mass is 374 g/mol. The number of hydrogen-bond acceptors (Lipinski definition) is 4. The second kappa shape index (κ2) is 8.65. The fraction of sp³-hybridized carbons (Fsp3) is 0.261. The van der Waals surface area contributed by atoms with Crippen molar-refractivity contribution in [2.24, 2.45) is 0 Å². The number of rotatable bonds is 6. The number of benzene rings is 2. The normalized spacial score (nSPS) is 10.8.